The number of carbonyl (C=O) groups excluding carboxylic acids is 1. The molecule has 4 rings (SSSR count). The van der Waals surface area contributed by atoms with Crippen LogP contribution in [-0.2, 0) is 13.5 Å². The van der Waals surface area contributed by atoms with Gasteiger partial charge in [0.2, 0.25) is 0 Å². The third-order valence-electron chi connectivity index (χ3n) is 4.37. The number of nitrogens with zero attached hydrogens (tertiary/aromatic N) is 3. The van der Waals surface area contributed by atoms with Crippen molar-refractivity contribution in [3.63, 3.8) is 0 Å². The van der Waals surface area contributed by atoms with Crippen LogP contribution >= 0.6 is 11.3 Å². The molecule has 142 valence electrons. The number of halogens is 1. The maximum Gasteiger partial charge on any atom is 0.321 e. The van der Waals surface area contributed by atoms with E-state index >= 15 is 0 Å². The van der Waals surface area contributed by atoms with Crippen LogP contribution in [0.1, 0.15) is 5.82 Å². The Balaban J connectivity index is 1.34. The van der Waals surface area contributed by atoms with Crippen LogP contribution in [0.2, 0.25) is 0 Å². The quantitative estimate of drug-likeness (QED) is 0.532. The number of para-hydroxylation sites is 1. The highest BCUT2D eigenvalue weighted by Gasteiger charge is 2.12. The molecule has 0 saturated carbocycles. The normalized spacial score (nSPS) is 10.9. The van der Waals surface area contributed by atoms with Crippen molar-refractivity contribution in [1.29, 1.82) is 0 Å². The van der Waals surface area contributed by atoms with Gasteiger partial charge in [-0.3, -0.25) is 5.32 Å². The molecule has 2 N–H and O–H groups in total. The topological polar surface area (TPSA) is 71.8 Å². The van der Waals surface area contributed by atoms with Crippen LogP contribution in [0.3, 0.4) is 0 Å². The third-order valence-corrected chi connectivity index (χ3v) is 5.34. The Hall–Kier alpha value is -3.26. The van der Waals surface area contributed by atoms with Crippen LogP contribution in [0.25, 0.3) is 21.5 Å². The van der Waals surface area contributed by atoms with Gasteiger partial charge in [0.25, 0.3) is 0 Å². The zero-order chi connectivity index (χ0) is 19.5. The standard InChI is InChI=1S/C20H18FN5OS/c1-26-15-9-5-8-14(21)18(15)24-17(26)10-11-22-19(27)25-20-23-12-16(28-20)13-6-3-2-4-7-13/h2-9,12H,10-11H2,1H3,(H2,22,23,25,27). The van der Waals surface area contributed by atoms with Crippen LogP contribution in [-0.4, -0.2) is 27.1 Å². The Bertz CT molecular complexity index is 1120. The number of carbonyl (C=O) groups is 1. The summed E-state index contributed by atoms with van der Waals surface area (Å²) in [5, 5.41) is 6.05. The Morgan fingerprint density at radius 3 is 2.79 bits per heavy atom. The first-order chi connectivity index (χ1) is 13.6. The van der Waals surface area contributed by atoms with Gasteiger partial charge in [-0.15, -0.1) is 0 Å². The molecule has 2 aromatic carbocycles. The van der Waals surface area contributed by atoms with Gasteiger partial charge in [0.05, 0.1) is 10.4 Å². The number of rotatable bonds is 5. The first kappa shape index (κ1) is 18.1. The van der Waals surface area contributed by atoms with E-state index in [1.807, 2.05) is 48.0 Å². The van der Waals surface area contributed by atoms with Gasteiger partial charge >= 0.3 is 6.03 Å². The van der Waals surface area contributed by atoms with E-state index in [4.69, 9.17) is 0 Å². The maximum atomic E-state index is 13.8. The lowest BCUT2D eigenvalue weighted by atomic mass is 10.2. The number of nitrogens with one attached hydrogen (secondary N) is 2. The number of aromatic nitrogens is 3. The number of aryl methyl sites for hydroxylation is 1. The van der Waals surface area contributed by atoms with E-state index in [1.54, 1.807) is 12.3 Å². The third kappa shape index (κ3) is 3.72. The fourth-order valence-electron chi connectivity index (χ4n) is 2.95. The Kier molecular flexibility index (Phi) is 5.03. The molecule has 0 bridgehead atoms. The van der Waals surface area contributed by atoms with Gasteiger partial charge in [0.1, 0.15) is 11.3 Å². The molecular weight excluding hydrogens is 377 g/mol. The van der Waals surface area contributed by atoms with Crippen molar-refractivity contribution in [3.05, 3.63) is 66.4 Å². The summed E-state index contributed by atoms with van der Waals surface area (Å²) >= 11 is 1.41. The van der Waals surface area contributed by atoms with E-state index in [0.29, 0.717) is 29.4 Å². The SMILES string of the molecule is Cn1c(CCNC(=O)Nc2ncc(-c3ccccc3)s2)nc2c(F)cccc21. The molecule has 4 aromatic rings. The number of fused-ring (bicyclic) bond motifs is 1. The predicted octanol–water partition coefficient (Wildman–Crippen LogP) is 4.20. The van der Waals surface area contributed by atoms with Gasteiger partial charge < -0.3 is 9.88 Å². The van der Waals surface area contributed by atoms with Crippen LogP contribution in [0, 0.1) is 5.82 Å². The van der Waals surface area contributed by atoms with Crippen molar-refractivity contribution in [3.8, 4) is 10.4 Å². The Morgan fingerprint density at radius 1 is 1.18 bits per heavy atom. The minimum absolute atomic E-state index is 0.334. The summed E-state index contributed by atoms with van der Waals surface area (Å²) in [5.41, 5.74) is 2.14. The summed E-state index contributed by atoms with van der Waals surface area (Å²) < 4.78 is 15.7. The van der Waals surface area contributed by atoms with Crippen molar-refractivity contribution >= 4 is 33.5 Å². The number of thiazole rings is 1. The second kappa shape index (κ2) is 7.77. The fourth-order valence-corrected chi connectivity index (χ4v) is 3.77. The summed E-state index contributed by atoms with van der Waals surface area (Å²) in [7, 11) is 1.84. The molecule has 6 nitrogen and oxygen atoms in total. The summed E-state index contributed by atoms with van der Waals surface area (Å²) in [6.07, 6.45) is 2.23. The molecule has 0 saturated heterocycles. The van der Waals surface area contributed by atoms with E-state index in [1.165, 1.54) is 17.4 Å². The predicted molar refractivity (Wildman–Crippen MR) is 109 cm³/mol. The van der Waals surface area contributed by atoms with Gasteiger partial charge in [-0.2, -0.15) is 0 Å². The lowest BCUT2D eigenvalue weighted by Gasteiger charge is -2.05. The highest BCUT2D eigenvalue weighted by Crippen LogP contribution is 2.28. The summed E-state index contributed by atoms with van der Waals surface area (Å²) in [6, 6.07) is 14.4. The highest BCUT2D eigenvalue weighted by molar-refractivity contribution is 7.19. The second-order valence-electron chi connectivity index (χ2n) is 6.22. The zero-order valence-corrected chi connectivity index (χ0v) is 16.0. The summed E-state index contributed by atoms with van der Waals surface area (Å²) in [5.74, 6) is 0.365. The smallest absolute Gasteiger partial charge is 0.321 e. The van der Waals surface area contributed by atoms with Crippen LogP contribution < -0.4 is 10.6 Å². The van der Waals surface area contributed by atoms with E-state index < -0.39 is 0 Å². The van der Waals surface area contributed by atoms with Crippen LogP contribution in [0.15, 0.2) is 54.7 Å². The molecule has 0 aliphatic rings. The van der Waals surface area contributed by atoms with Gasteiger partial charge in [0, 0.05) is 26.2 Å². The average molecular weight is 395 g/mol. The van der Waals surface area contributed by atoms with Gasteiger partial charge in [-0.25, -0.2) is 19.2 Å². The van der Waals surface area contributed by atoms with E-state index in [2.05, 4.69) is 20.6 Å². The molecule has 2 amide bonds. The number of imidazole rings is 1. The van der Waals surface area contributed by atoms with Crippen molar-refractivity contribution < 1.29 is 9.18 Å². The largest absolute Gasteiger partial charge is 0.337 e. The molecule has 0 spiro atoms. The van der Waals surface area contributed by atoms with Crippen LogP contribution in [0.4, 0.5) is 14.3 Å². The number of hydrogen-bond donors (Lipinski definition) is 2. The molecule has 28 heavy (non-hydrogen) atoms. The number of benzene rings is 2. The van der Waals surface area contributed by atoms with Gasteiger partial charge in [-0.05, 0) is 17.7 Å². The van der Waals surface area contributed by atoms with Crippen molar-refractivity contribution in [2.45, 2.75) is 6.42 Å². The molecule has 8 heteroatoms. The molecule has 0 radical (unpaired) electrons. The molecular formula is C20H18FN5OS. The lowest BCUT2D eigenvalue weighted by Crippen LogP contribution is -2.30. The molecule has 0 aliphatic heterocycles. The molecule has 2 aromatic heterocycles. The van der Waals surface area contributed by atoms with E-state index in [9.17, 15) is 9.18 Å². The molecule has 0 unspecified atom stereocenters. The summed E-state index contributed by atoms with van der Waals surface area (Å²) in [6.45, 7) is 0.377. The first-order valence-electron chi connectivity index (χ1n) is 8.78. The van der Waals surface area contributed by atoms with Crippen molar-refractivity contribution in [2.75, 3.05) is 11.9 Å². The Morgan fingerprint density at radius 2 is 2.00 bits per heavy atom. The van der Waals surface area contributed by atoms with Crippen LogP contribution in [0.5, 0.6) is 0 Å². The highest BCUT2D eigenvalue weighted by atomic mass is 32.1. The van der Waals surface area contributed by atoms with Gasteiger partial charge in [-0.1, -0.05) is 47.7 Å². The number of amides is 2. The van der Waals surface area contributed by atoms with E-state index in [0.717, 1.165) is 16.0 Å². The zero-order valence-electron chi connectivity index (χ0n) is 15.1. The van der Waals surface area contributed by atoms with Crippen molar-refractivity contribution in [1.82, 2.24) is 19.9 Å². The van der Waals surface area contributed by atoms with Gasteiger partial charge in [0.15, 0.2) is 10.9 Å². The minimum Gasteiger partial charge on any atom is -0.337 e. The minimum atomic E-state index is -0.344. The maximum absolute atomic E-state index is 13.8. The first-order valence-corrected chi connectivity index (χ1v) is 9.59. The number of anilines is 1. The lowest BCUT2D eigenvalue weighted by molar-refractivity contribution is 0.252. The molecule has 0 atom stereocenters. The molecule has 0 aliphatic carbocycles. The fraction of sp³-hybridized carbons (Fsp3) is 0.150. The average Bonchev–Trinajstić information content (AvgIpc) is 3.29. The summed E-state index contributed by atoms with van der Waals surface area (Å²) in [4.78, 5) is 21.7. The number of urea groups is 1. The molecule has 0 fully saturated rings. The van der Waals surface area contributed by atoms with E-state index in [-0.39, 0.29) is 11.8 Å². The second-order valence-corrected chi connectivity index (χ2v) is 7.25. The number of hydrogen-bond acceptors (Lipinski definition) is 4. The van der Waals surface area contributed by atoms with Crippen molar-refractivity contribution in [2.24, 2.45) is 7.05 Å². The Labute approximate surface area is 165 Å². The molecule has 2 heterocycles. The monoisotopic (exact) mass is 395 g/mol.